The highest BCUT2D eigenvalue weighted by Crippen LogP contribution is 2.37. The number of alkyl halides is 1. The Kier molecular flexibility index (Phi) is 4.42. The lowest BCUT2D eigenvalue weighted by molar-refractivity contribution is 0.714. The zero-order valence-corrected chi connectivity index (χ0v) is 17.2. The Balaban J connectivity index is 1.98. The first kappa shape index (κ1) is 17.4. The highest BCUT2D eigenvalue weighted by Gasteiger charge is 2.16. The number of aryl methyl sites for hydroxylation is 1. The second-order valence-corrected chi connectivity index (χ2v) is 8.20. The van der Waals surface area contributed by atoms with E-state index >= 15 is 0 Å². The molecule has 0 spiro atoms. The first-order chi connectivity index (χ1) is 12.5. The smallest absolute Gasteiger partial charge is 0.301 e. The molecule has 0 aliphatic carbocycles. The molecule has 132 valence electrons. The van der Waals surface area contributed by atoms with E-state index < -0.39 is 0 Å². The summed E-state index contributed by atoms with van der Waals surface area (Å²) in [7, 11) is 1.66. The number of hydrogen-bond acceptors (Lipinski definition) is 5. The third-order valence-electron chi connectivity index (χ3n) is 4.38. The van der Waals surface area contributed by atoms with Gasteiger partial charge in [-0.1, -0.05) is 15.9 Å². The molecule has 0 N–H and O–H groups in total. The standard InChI is InChI=1S/C18H14BrN3O2S2/c1-10-7-15(23)22(18(24)21(10)2)12-3-4-14-13(8-12)16(20-26-14)17-11(9-19)5-6-25-17/h3-8H,9H2,1-2H3. The van der Waals surface area contributed by atoms with E-state index in [1.54, 1.807) is 31.4 Å². The number of fused-ring (bicyclic) bond motifs is 1. The molecular weight excluding hydrogens is 434 g/mol. The molecule has 0 amide bonds. The summed E-state index contributed by atoms with van der Waals surface area (Å²) in [4.78, 5) is 26.1. The summed E-state index contributed by atoms with van der Waals surface area (Å²) in [6, 6.07) is 9.13. The fraction of sp³-hybridized carbons (Fsp3) is 0.167. The van der Waals surface area contributed by atoms with Crippen molar-refractivity contribution in [1.82, 2.24) is 13.5 Å². The maximum absolute atomic E-state index is 12.6. The van der Waals surface area contributed by atoms with Gasteiger partial charge in [-0.25, -0.2) is 9.36 Å². The van der Waals surface area contributed by atoms with Crippen LogP contribution < -0.4 is 11.2 Å². The minimum atomic E-state index is -0.351. The molecule has 8 heteroatoms. The number of benzene rings is 1. The lowest BCUT2D eigenvalue weighted by atomic mass is 10.1. The number of nitrogens with zero attached hydrogens (tertiary/aromatic N) is 3. The molecule has 4 aromatic rings. The van der Waals surface area contributed by atoms with Crippen molar-refractivity contribution in [1.29, 1.82) is 0 Å². The normalized spacial score (nSPS) is 11.3. The predicted octanol–water partition coefficient (Wildman–Crippen LogP) is 4.08. The Hall–Kier alpha value is -2.03. The second-order valence-electron chi connectivity index (χ2n) is 5.92. The minimum absolute atomic E-state index is 0.327. The molecule has 26 heavy (non-hydrogen) atoms. The van der Waals surface area contributed by atoms with E-state index in [1.165, 1.54) is 32.3 Å². The van der Waals surface area contributed by atoms with Crippen LogP contribution in [0.2, 0.25) is 0 Å². The van der Waals surface area contributed by atoms with Gasteiger partial charge < -0.3 is 4.57 Å². The van der Waals surface area contributed by atoms with Crippen LogP contribution in [0.4, 0.5) is 0 Å². The lowest BCUT2D eigenvalue weighted by Gasteiger charge is -2.09. The Morgan fingerprint density at radius 3 is 2.77 bits per heavy atom. The van der Waals surface area contributed by atoms with Crippen LogP contribution in [0.5, 0.6) is 0 Å². The van der Waals surface area contributed by atoms with Crippen molar-refractivity contribution < 1.29 is 0 Å². The first-order valence-electron chi connectivity index (χ1n) is 7.83. The number of hydrogen-bond donors (Lipinski definition) is 0. The summed E-state index contributed by atoms with van der Waals surface area (Å²) >= 11 is 6.57. The first-order valence-corrected chi connectivity index (χ1v) is 10.6. The highest BCUT2D eigenvalue weighted by atomic mass is 79.9. The molecule has 0 radical (unpaired) electrons. The molecule has 0 saturated heterocycles. The molecule has 0 unspecified atom stereocenters. The topological polar surface area (TPSA) is 56.9 Å². The Morgan fingerprint density at radius 2 is 2.00 bits per heavy atom. The van der Waals surface area contributed by atoms with Crippen molar-refractivity contribution >= 4 is 48.9 Å². The van der Waals surface area contributed by atoms with Gasteiger partial charge >= 0.3 is 5.69 Å². The second kappa shape index (κ2) is 6.61. The van der Waals surface area contributed by atoms with Crippen molar-refractivity contribution in [2.45, 2.75) is 12.3 Å². The molecule has 1 aromatic carbocycles. The molecule has 0 aliphatic rings. The van der Waals surface area contributed by atoms with Crippen LogP contribution in [0.1, 0.15) is 11.3 Å². The molecule has 0 fully saturated rings. The third kappa shape index (κ3) is 2.69. The van der Waals surface area contributed by atoms with Gasteiger partial charge in [0.2, 0.25) is 0 Å². The number of rotatable bonds is 3. The van der Waals surface area contributed by atoms with E-state index in [4.69, 9.17) is 0 Å². The average Bonchev–Trinajstić information content (AvgIpc) is 3.25. The SMILES string of the molecule is Cc1cc(=O)n(-c2ccc3snc(-c4sccc4CBr)c3c2)c(=O)n1C. The summed E-state index contributed by atoms with van der Waals surface area (Å²) in [5.41, 5.74) is 2.59. The van der Waals surface area contributed by atoms with E-state index in [9.17, 15) is 9.59 Å². The molecule has 0 atom stereocenters. The van der Waals surface area contributed by atoms with Crippen LogP contribution in [-0.2, 0) is 12.4 Å². The van der Waals surface area contributed by atoms with Crippen molar-refractivity contribution in [3.63, 3.8) is 0 Å². The predicted molar refractivity (Wildman–Crippen MR) is 111 cm³/mol. The number of thiophene rings is 1. The van der Waals surface area contributed by atoms with Crippen LogP contribution in [0.3, 0.4) is 0 Å². The quantitative estimate of drug-likeness (QED) is 0.444. The van der Waals surface area contributed by atoms with E-state index in [1.807, 2.05) is 17.5 Å². The van der Waals surface area contributed by atoms with Gasteiger partial charge in [0.05, 0.1) is 15.3 Å². The largest absolute Gasteiger partial charge is 0.335 e. The molecular formula is C18H14BrN3O2S2. The summed E-state index contributed by atoms with van der Waals surface area (Å²) < 4.78 is 8.32. The maximum atomic E-state index is 12.6. The van der Waals surface area contributed by atoms with Gasteiger partial charge in [0, 0.05) is 29.5 Å². The fourth-order valence-electron chi connectivity index (χ4n) is 2.85. The zero-order chi connectivity index (χ0) is 18.4. The monoisotopic (exact) mass is 447 g/mol. The molecule has 0 bridgehead atoms. The van der Waals surface area contributed by atoms with E-state index in [0.717, 1.165) is 26.0 Å². The highest BCUT2D eigenvalue weighted by molar-refractivity contribution is 9.08. The van der Waals surface area contributed by atoms with Crippen LogP contribution >= 0.6 is 38.8 Å². The van der Waals surface area contributed by atoms with Gasteiger partial charge in [0.15, 0.2) is 0 Å². The van der Waals surface area contributed by atoms with Gasteiger partial charge in [-0.2, -0.15) is 4.37 Å². The average molecular weight is 448 g/mol. The Labute approximate surface area is 165 Å². The fourth-order valence-corrected chi connectivity index (χ4v) is 5.25. The summed E-state index contributed by atoms with van der Waals surface area (Å²) in [6.45, 7) is 1.75. The maximum Gasteiger partial charge on any atom is 0.335 e. The summed E-state index contributed by atoms with van der Waals surface area (Å²) in [5, 5.41) is 3.75. The van der Waals surface area contributed by atoms with Gasteiger partial charge in [0.1, 0.15) is 5.69 Å². The van der Waals surface area contributed by atoms with Crippen molar-refractivity contribution in [3.05, 3.63) is 67.8 Å². The van der Waals surface area contributed by atoms with E-state index in [0.29, 0.717) is 11.4 Å². The zero-order valence-electron chi connectivity index (χ0n) is 14.0. The van der Waals surface area contributed by atoms with Crippen LogP contribution in [-0.4, -0.2) is 13.5 Å². The molecule has 0 aliphatic heterocycles. The van der Waals surface area contributed by atoms with Crippen LogP contribution in [0.15, 0.2) is 45.3 Å². The van der Waals surface area contributed by atoms with Crippen LogP contribution in [0, 0.1) is 6.92 Å². The van der Waals surface area contributed by atoms with Gasteiger partial charge in [-0.05, 0) is 53.7 Å². The van der Waals surface area contributed by atoms with Crippen molar-refractivity contribution in [3.8, 4) is 16.3 Å². The molecule has 3 heterocycles. The molecule has 3 aromatic heterocycles. The van der Waals surface area contributed by atoms with Crippen molar-refractivity contribution in [2.75, 3.05) is 0 Å². The molecule has 5 nitrogen and oxygen atoms in total. The number of halogens is 1. The van der Waals surface area contributed by atoms with Gasteiger partial charge in [-0.3, -0.25) is 4.79 Å². The summed E-state index contributed by atoms with van der Waals surface area (Å²) in [6.07, 6.45) is 0. The van der Waals surface area contributed by atoms with Gasteiger partial charge in [-0.15, -0.1) is 11.3 Å². The van der Waals surface area contributed by atoms with Gasteiger partial charge in [0.25, 0.3) is 5.56 Å². The summed E-state index contributed by atoms with van der Waals surface area (Å²) in [5.74, 6) is 0. The minimum Gasteiger partial charge on any atom is -0.301 e. The Morgan fingerprint density at radius 1 is 1.19 bits per heavy atom. The van der Waals surface area contributed by atoms with E-state index in [2.05, 4.69) is 26.4 Å². The van der Waals surface area contributed by atoms with E-state index in [-0.39, 0.29) is 11.2 Å². The third-order valence-corrected chi connectivity index (χ3v) is 6.77. The number of aromatic nitrogens is 3. The van der Waals surface area contributed by atoms with Crippen molar-refractivity contribution in [2.24, 2.45) is 7.05 Å². The van der Waals surface area contributed by atoms with Crippen LogP contribution in [0.25, 0.3) is 26.3 Å². The molecule has 4 rings (SSSR count). The Bertz CT molecular complexity index is 1250. The lowest BCUT2D eigenvalue weighted by Crippen LogP contribution is -2.38. The molecule has 0 saturated carbocycles.